The fraction of sp³-hybridized carbons (Fsp3) is 0.281. The zero-order valence-corrected chi connectivity index (χ0v) is 20.1. The van der Waals surface area contributed by atoms with Gasteiger partial charge in [-0.05, 0) is 41.3 Å². The van der Waals surface area contributed by atoms with E-state index < -0.39 is 0 Å². The standard InChI is InChI=1S/C32H33NO/c1-2-3-4-5-6-12-21-34-28-19-17-24(18-20-28)30-23-27-22-26-15-10-11-16-29(26)32(27)33-31(30)25-13-8-7-9-14-25/h7-11,13-20,23H,2-6,12,21-22H2,1H3. The third-order valence-corrected chi connectivity index (χ3v) is 6.73. The van der Waals surface area contributed by atoms with Gasteiger partial charge in [-0.2, -0.15) is 0 Å². The third-order valence-electron chi connectivity index (χ3n) is 6.73. The number of rotatable bonds is 10. The topological polar surface area (TPSA) is 22.1 Å². The molecule has 0 radical (unpaired) electrons. The van der Waals surface area contributed by atoms with Crippen molar-refractivity contribution in [2.45, 2.75) is 51.9 Å². The summed E-state index contributed by atoms with van der Waals surface area (Å²) < 4.78 is 6.02. The van der Waals surface area contributed by atoms with Crippen molar-refractivity contribution < 1.29 is 4.74 Å². The van der Waals surface area contributed by atoms with E-state index in [9.17, 15) is 0 Å². The fourth-order valence-electron chi connectivity index (χ4n) is 4.87. The molecule has 0 saturated carbocycles. The van der Waals surface area contributed by atoms with Crippen molar-refractivity contribution in [2.24, 2.45) is 0 Å². The van der Waals surface area contributed by atoms with Gasteiger partial charge in [0.1, 0.15) is 5.75 Å². The van der Waals surface area contributed by atoms with Crippen LogP contribution >= 0.6 is 0 Å². The molecule has 1 aliphatic carbocycles. The molecule has 0 saturated heterocycles. The molecule has 172 valence electrons. The number of fused-ring (bicyclic) bond motifs is 3. The van der Waals surface area contributed by atoms with Gasteiger partial charge in [0.05, 0.1) is 18.0 Å². The summed E-state index contributed by atoms with van der Waals surface area (Å²) in [5, 5.41) is 0. The second-order valence-electron chi connectivity index (χ2n) is 9.23. The summed E-state index contributed by atoms with van der Waals surface area (Å²) in [5.74, 6) is 0.945. The first kappa shape index (κ1) is 22.4. The first-order valence-electron chi connectivity index (χ1n) is 12.7. The quantitative estimate of drug-likeness (QED) is 0.200. The highest BCUT2D eigenvalue weighted by Crippen LogP contribution is 2.41. The molecule has 34 heavy (non-hydrogen) atoms. The molecule has 2 heteroatoms. The number of hydrogen-bond acceptors (Lipinski definition) is 2. The first-order valence-corrected chi connectivity index (χ1v) is 12.7. The highest BCUT2D eigenvalue weighted by molar-refractivity contribution is 5.86. The Morgan fingerprint density at radius 3 is 2.21 bits per heavy atom. The van der Waals surface area contributed by atoms with Crippen LogP contribution in [0.3, 0.4) is 0 Å². The van der Waals surface area contributed by atoms with Crippen molar-refractivity contribution in [1.82, 2.24) is 4.98 Å². The molecule has 3 aromatic carbocycles. The number of hydrogen-bond donors (Lipinski definition) is 0. The molecular weight excluding hydrogens is 414 g/mol. The summed E-state index contributed by atoms with van der Waals surface area (Å²) in [6.07, 6.45) is 8.61. The first-order chi connectivity index (χ1) is 16.8. The Labute approximate surface area is 203 Å². The van der Waals surface area contributed by atoms with Gasteiger partial charge in [-0.3, -0.25) is 0 Å². The van der Waals surface area contributed by atoms with Crippen molar-refractivity contribution in [3.05, 3.63) is 96.1 Å². The van der Waals surface area contributed by atoms with E-state index in [1.165, 1.54) is 59.9 Å². The Balaban J connectivity index is 1.38. The molecule has 4 aromatic rings. The minimum absolute atomic E-state index is 0.791. The molecule has 0 amide bonds. The van der Waals surface area contributed by atoms with E-state index in [-0.39, 0.29) is 0 Å². The normalized spacial score (nSPS) is 11.8. The SMILES string of the molecule is CCCCCCCCOc1ccc(-c2cc3c(nc2-c2ccccc2)-c2ccccc2C3)cc1. The number of nitrogens with zero attached hydrogens (tertiary/aromatic N) is 1. The van der Waals surface area contributed by atoms with Crippen molar-refractivity contribution in [3.63, 3.8) is 0 Å². The molecule has 0 bridgehead atoms. The van der Waals surface area contributed by atoms with Gasteiger partial charge in [0.15, 0.2) is 0 Å². The van der Waals surface area contributed by atoms with Gasteiger partial charge in [-0.25, -0.2) is 4.98 Å². The van der Waals surface area contributed by atoms with Gasteiger partial charge in [0.25, 0.3) is 0 Å². The highest BCUT2D eigenvalue weighted by Gasteiger charge is 2.23. The van der Waals surface area contributed by atoms with Crippen LogP contribution in [-0.2, 0) is 6.42 Å². The molecule has 2 nitrogen and oxygen atoms in total. The zero-order valence-electron chi connectivity index (χ0n) is 20.1. The minimum Gasteiger partial charge on any atom is -0.494 e. The molecular formula is C32H33NO. The van der Waals surface area contributed by atoms with Crippen LogP contribution in [0.25, 0.3) is 33.6 Å². The van der Waals surface area contributed by atoms with Gasteiger partial charge in [0, 0.05) is 23.1 Å². The lowest BCUT2D eigenvalue weighted by atomic mass is 9.96. The lowest BCUT2D eigenvalue weighted by Gasteiger charge is -2.14. The summed E-state index contributed by atoms with van der Waals surface area (Å²) in [5.41, 5.74) is 9.60. The van der Waals surface area contributed by atoms with E-state index in [1.807, 2.05) is 0 Å². The third kappa shape index (κ3) is 4.92. The summed E-state index contributed by atoms with van der Waals surface area (Å²) in [4.78, 5) is 5.22. The summed E-state index contributed by atoms with van der Waals surface area (Å²) >= 11 is 0. The lowest BCUT2D eigenvalue weighted by Crippen LogP contribution is -1.98. The Morgan fingerprint density at radius 1 is 0.647 bits per heavy atom. The van der Waals surface area contributed by atoms with Crippen LogP contribution in [0.1, 0.15) is 56.6 Å². The number of benzene rings is 3. The van der Waals surface area contributed by atoms with E-state index in [1.54, 1.807) is 0 Å². The van der Waals surface area contributed by atoms with Crippen molar-refractivity contribution in [1.29, 1.82) is 0 Å². The van der Waals surface area contributed by atoms with Gasteiger partial charge in [0.2, 0.25) is 0 Å². The molecule has 0 atom stereocenters. The number of aromatic nitrogens is 1. The predicted molar refractivity (Wildman–Crippen MR) is 142 cm³/mol. The lowest BCUT2D eigenvalue weighted by molar-refractivity contribution is 0.304. The van der Waals surface area contributed by atoms with Crippen LogP contribution in [-0.4, -0.2) is 11.6 Å². The monoisotopic (exact) mass is 447 g/mol. The van der Waals surface area contributed by atoms with Crippen LogP contribution in [0.15, 0.2) is 84.9 Å². The van der Waals surface area contributed by atoms with E-state index in [0.29, 0.717) is 0 Å². The minimum atomic E-state index is 0.791. The average Bonchev–Trinajstić information content (AvgIpc) is 3.26. The second-order valence-corrected chi connectivity index (χ2v) is 9.23. The van der Waals surface area contributed by atoms with E-state index >= 15 is 0 Å². The molecule has 1 aliphatic rings. The van der Waals surface area contributed by atoms with Crippen LogP contribution in [0, 0.1) is 0 Å². The van der Waals surface area contributed by atoms with E-state index in [2.05, 4.69) is 91.9 Å². The maximum Gasteiger partial charge on any atom is 0.119 e. The van der Waals surface area contributed by atoms with E-state index in [4.69, 9.17) is 9.72 Å². The largest absolute Gasteiger partial charge is 0.494 e. The second kappa shape index (κ2) is 10.7. The molecule has 0 aliphatic heterocycles. The maximum absolute atomic E-state index is 6.02. The Bertz CT molecular complexity index is 1230. The molecule has 1 heterocycles. The van der Waals surface area contributed by atoms with Gasteiger partial charge >= 0.3 is 0 Å². The zero-order chi connectivity index (χ0) is 23.2. The van der Waals surface area contributed by atoms with Crippen LogP contribution in [0.4, 0.5) is 0 Å². The van der Waals surface area contributed by atoms with Gasteiger partial charge < -0.3 is 4.74 Å². The van der Waals surface area contributed by atoms with Crippen LogP contribution in [0.5, 0.6) is 5.75 Å². The Kier molecular flexibility index (Phi) is 7.05. The Morgan fingerprint density at radius 2 is 1.38 bits per heavy atom. The molecule has 5 rings (SSSR count). The van der Waals surface area contributed by atoms with Crippen molar-refractivity contribution >= 4 is 0 Å². The predicted octanol–water partition coefficient (Wildman–Crippen LogP) is 8.73. The smallest absolute Gasteiger partial charge is 0.119 e. The fourth-order valence-corrected chi connectivity index (χ4v) is 4.87. The molecule has 0 N–H and O–H groups in total. The van der Waals surface area contributed by atoms with Crippen LogP contribution in [0.2, 0.25) is 0 Å². The summed E-state index contributed by atoms with van der Waals surface area (Å²) in [7, 11) is 0. The van der Waals surface area contributed by atoms with Crippen molar-refractivity contribution in [3.8, 4) is 39.4 Å². The molecule has 0 fully saturated rings. The maximum atomic E-state index is 6.02. The van der Waals surface area contributed by atoms with E-state index in [0.717, 1.165) is 42.1 Å². The number of unbranched alkanes of at least 4 members (excludes halogenated alkanes) is 5. The molecule has 0 unspecified atom stereocenters. The van der Waals surface area contributed by atoms with Crippen LogP contribution < -0.4 is 4.74 Å². The summed E-state index contributed by atoms with van der Waals surface area (Å²) in [6, 6.07) is 30.1. The van der Waals surface area contributed by atoms with Gasteiger partial charge in [-0.1, -0.05) is 106 Å². The van der Waals surface area contributed by atoms with Gasteiger partial charge in [-0.15, -0.1) is 0 Å². The summed E-state index contributed by atoms with van der Waals surface area (Å²) in [6.45, 7) is 3.05. The molecule has 0 spiro atoms. The highest BCUT2D eigenvalue weighted by atomic mass is 16.5. The van der Waals surface area contributed by atoms with Crippen molar-refractivity contribution in [2.75, 3.05) is 6.61 Å². The average molecular weight is 448 g/mol. The number of ether oxygens (including phenoxy) is 1. The number of pyridine rings is 1. The molecule has 1 aromatic heterocycles. The Hall–Kier alpha value is -3.39.